The molecule has 2 aromatic rings. The summed E-state index contributed by atoms with van der Waals surface area (Å²) in [6, 6.07) is 7.24. The zero-order chi connectivity index (χ0) is 14.7. The third kappa shape index (κ3) is 3.23. The number of halogens is 1. The van der Waals surface area contributed by atoms with Crippen molar-refractivity contribution in [3.8, 4) is 11.6 Å². The molecular formula is C13H11ClN2O4. The summed E-state index contributed by atoms with van der Waals surface area (Å²) in [6.07, 6.45) is 0.777. The fourth-order valence-corrected chi connectivity index (χ4v) is 1.74. The normalized spacial score (nSPS) is 11.9. The van der Waals surface area contributed by atoms with Gasteiger partial charge >= 0.3 is 5.69 Å². The first kappa shape index (κ1) is 14.2. The zero-order valence-corrected chi connectivity index (χ0v) is 11.2. The summed E-state index contributed by atoms with van der Waals surface area (Å²) in [5.41, 5.74) is 0.355. The Bertz CT molecular complexity index is 646. The molecule has 1 N–H and O–H groups in total. The van der Waals surface area contributed by atoms with E-state index < -0.39 is 11.0 Å². The maximum atomic E-state index is 10.9. The van der Waals surface area contributed by atoms with Crippen LogP contribution in [0.25, 0.3) is 0 Å². The van der Waals surface area contributed by atoms with Crippen LogP contribution >= 0.6 is 11.6 Å². The lowest BCUT2D eigenvalue weighted by atomic mass is 10.2. The van der Waals surface area contributed by atoms with Crippen LogP contribution in [0.5, 0.6) is 11.6 Å². The molecule has 1 aromatic carbocycles. The van der Waals surface area contributed by atoms with Crippen molar-refractivity contribution in [3.05, 3.63) is 57.2 Å². The summed E-state index contributed by atoms with van der Waals surface area (Å²) in [5, 5.41) is 20.7. The van der Waals surface area contributed by atoms with Crippen LogP contribution < -0.4 is 4.74 Å². The highest BCUT2D eigenvalue weighted by Crippen LogP contribution is 2.33. The molecule has 1 unspecified atom stereocenters. The van der Waals surface area contributed by atoms with Crippen LogP contribution in [-0.4, -0.2) is 15.0 Å². The third-order valence-corrected chi connectivity index (χ3v) is 2.81. The van der Waals surface area contributed by atoms with Gasteiger partial charge in [0, 0.05) is 23.4 Å². The van der Waals surface area contributed by atoms with Crippen LogP contribution in [0.4, 0.5) is 5.69 Å². The molecule has 7 heteroatoms. The largest absolute Gasteiger partial charge is 0.432 e. The maximum Gasteiger partial charge on any atom is 0.313 e. The lowest BCUT2D eigenvalue weighted by Crippen LogP contribution is -1.97. The van der Waals surface area contributed by atoms with E-state index in [4.69, 9.17) is 16.3 Å². The first-order chi connectivity index (χ1) is 9.47. The summed E-state index contributed by atoms with van der Waals surface area (Å²) < 4.78 is 5.39. The van der Waals surface area contributed by atoms with Crippen molar-refractivity contribution < 1.29 is 14.8 Å². The molecular weight excluding hydrogens is 284 g/mol. The Labute approximate surface area is 119 Å². The number of aromatic nitrogens is 1. The quantitative estimate of drug-likeness (QED) is 0.689. The average molecular weight is 295 g/mol. The van der Waals surface area contributed by atoms with Gasteiger partial charge < -0.3 is 9.84 Å². The van der Waals surface area contributed by atoms with Gasteiger partial charge in [0.25, 0.3) is 0 Å². The van der Waals surface area contributed by atoms with E-state index >= 15 is 0 Å². The molecule has 0 aliphatic carbocycles. The molecule has 6 nitrogen and oxygen atoms in total. The second-order valence-corrected chi connectivity index (χ2v) is 4.51. The molecule has 0 saturated heterocycles. The van der Waals surface area contributed by atoms with Crippen LogP contribution in [0.2, 0.25) is 5.02 Å². The van der Waals surface area contributed by atoms with Crippen LogP contribution in [-0.2, 0) is 0 Å². The van der Waals surface area contributed by atoms with Gasteiger partial charge in [0.05, 0.1) is 11.0 Å². The topological polar surface area (TPSA) is 85.5 Å². The van der Waals surface area contributed by atoms with E-state index in [-0.39, 0.29) is 22.3 Å². The number of hydrogen-bond acceptors (Lipinski definition) is 5. The fourth-order valence-electron chi connectivity index (χ4n) is 1.57. The van der Waals surface area contributed by atoms with Gasteiger partial charge in [-0.3, -0.25) is 10.1 Å². The van der Waals surface area contributed by atoms with Crippen molar-refractivity contribution in [1.29, 1.82) is 0 Å². The predicted octanol–water partition coefficient (Wildman–Crippen LogP) is 3.49. The number of pyridine rings is 1. The van der Waals surface area contributed by atoms with Gasteiger partial charge in [-0.25, -0.2) is 4.98 Å². The molecule has 0 fully saturated rings. The lowest BCUT2D eigenvalue weighted by Gasteiger charge is -2.08. The molecule has 2 rings (SSSR count). The van der Waals surface area contributed by atoms with Crippen LogP contribution in [0, 0.1) is 10.1 Å². The second kappa shape index (κ2) is 5.85. The number of nitro groups is 1. The second-order valence-electron chi connectivity index (χ2n) is 4.07. The van der Waals surface area contributed by atoms with Gasteiger partial charge in [-0.1, -0.05) is 11.6 Å². The highest BCUT2D eigenvalue weighted by atomic mass is 35.5. The van der Waals surface area contributed by atoms with E-state index in [1.165, 1.54) is 30.5 Å². The van der Waals surface area contributed by atoms with Crippen molar-refractivity contribution in [1.82, 2.24) is 4.98 Å². The van der Waals surface area contributed by atoms with Crippen LogP contribution in [0.15, 0.2) is 36.5 Å². The molecule has 0 saturated carbocycles. The minimum absolute atomic E-state index is 0.0367. The summed E-state index contributed by atoms with van der Waals surface area (Å²) in [6.45, 7) is 1.60. The molecule has 0 radical (unpaired) electrons. The smallest absolute Gasteiger partial charge is 0.313 e. The monoisotopic (exact) mass is 294 g/mol. The molecule has 0 bridgehead atoms. The minimum Gasteiger partial charge on any atom is -0.432 e. The summed E-state index contributed by atoms with van der Waals surface area (Å²) in [7, 11) is 0. The van der Waals surface area contributed by atoms with Crippen LogP contribution in [0.1, 0.15) is 18.6 Å². The highest BCUT2D eigenvalue weighted by Gasteiger charge is 2.17. The molecule has 0 amide bonds. The van der Waals surface area contributed by atoms with Gasteiger partial charge in [0.1, 0.15) is 0 Å². The van der Waals surface area contributed by atoms with E-state index in [9.17, 15) is 15.2 Å². The van der Waals surface area contributed by atoms with Gasteiger partial charge in [0.15, 0.2) is 0 Å². The molecule has 1 atom stereocenters. The molecule has 1 aromatic heterocycles. The number of nitro benzene ring substituents is 1. The summed E-state index contributed by atoms with van der Waals surface area (Å²) >= 11 is 5.72. The van der Waals surface area contributed by atoms with Crippen LogP contribution in [0.3, 0.4) is 0 Å². The number of hydrogen-bond donors (Lipinski definition) is 1. The Morgan fingerprint density at radius 1 is 1.40 bits per heavy atom. The van der Waals surface area contributed by atoms with Crippen molar-refractivity contribution in [2.24, 2.45) is 0 Å². The Kier molecular flexibility index (Phi) is 4.16. The molecule has 1 heterocycles. The standard InChI is InChI=1S/C13H11ClN2O4/c1-8(17)9-4-5-15-13(6-9)20-12-3-2-10(14)7-11(12)16(18)19/h2-8,17H,1H3. The van der Waals surface area contributed by atoms with E-state index in [1.807, 2.05) is 0 Å². The van der Waals surface area contributed by atoms with Gasteiger partial charge in [0.2, 0.25) is 11.6 Å². The van der Waals surface area contributed by atoms with E-state index in [0.29, 0.717) is 5.56 Å². The van der Waals surface area contributed by atoms with Crippen molar-refractivity contribution in [2.75, 3.05) is 0 Å². The van der Waals surface area contributed by atoms with Gasteiger partial charge in [-0.2, -0.15) is 0 Å². The van der Waals surface area contributed by atoms with E-state index in [2.05, 4.69) is 4.98 Å². The van der Waals surface area contributed by atoms with Crippen molar-refractivity contribution in [2.45, 2.75) is 13.0 Å². The van der Waals surface area contributed by atoms with Gasteiger partial charge in [-0.05, 0) is 30.7 Å². The summed E-state index contributed by atoms with van der Waals surface area (Å²) in [4.78, 5) is 14.3. The van der Waals surface area contributed by atoms with E-state index in [1.54, 1.807) is 13.0 Å². The Morgan fingerprint density at radius 2 is 2.15 bits per heavy atom. The molecule has 0 spiro atoms. The molecule has 0 aliphatic heterocycles. The van der Waals surface area contributed by atoms with Crippen molar-refractivity contribution in [3.63, 3.8) is 0 Å². The number of ether oxygens (including phenoxy) is 1. The Balaban J connectivity index is 2.35. The first-order valence-electron chi connectivity index (χ1n) is 5.73. The summed E-state index contributed by atoms with van der Waals surface area (Å²) in [5.74, 6) is 0.198. The Morgan fingerprint density at radius 3 is 2.80 bits per heavy atom. The Hall–Kier alpha value is -2.18. The maximum absolute atomic E-state index is 10.9. The predicted molar refractivity (Wildman–Crippen MR) is 73.1 cm³/mol. The average Bonchev–Trinajstić information content (AvgIpc) is 2.41. The molecule has 20 heavy (non-hydrogen) atoms. The first-order valence-corrected chi connectivity index (χ1v) is 6.11. The minimum atomic E-state index is -0.680. The number of nitrogens with zero attached hydrogens (tertiary/aromatic N) is 2. The fraction of sp³-hybridized carbons (Fsp3) is 0.154. The van der Waals surface area contributed by atoms with Gasteiger partial charge in [-0.15, -0.1) is 0 Å². The molecule has 104 valence electrons. The number of benzene rings is 1. The molecule has 0 aliphatic rings. The third-order valence-electron chi connectivity index (χ3n) is 2.57. The van der Waals surface area contributed by atoms with Crippen molar-refractivity contribution >= 4 is 17.3 Å². The number of aliphatic hydroxyl groups excluding tert-OH is 1. The SMILES string of the molecule is CC(O)c1ccnc(Oc2ccc(Cl)cc2[N+](=O)[O-])c1. The van der Waals surface area contributed by atoms with E-state index in [0.717, 1.165) is 0 Å². The highest BCUT2D eigenvalue weighted by molar-refractivity contribution is 6.30. The zero-order valence-electron chi connectivity index (χ0n) is 10.5. The lowest BCUT2D eigenvalue weighted by molar-refractivity contribution is -0.385. The number of aliphatic hydroxyl groups is 1. The number of rotatable bonds is 4.